The van der Waals surface area contributed by atoms with Crippen molar-refractivity contribution in [2.75, 3.05) is 11.9 Å². The van der Waals surface area contributed by atoms with E-state index in [0.717, 1.165) is 22.4 Å². The summed E-state index contributed by atoms with van der Waals surface area (Å²) in [7, 11) is 0. The van der Waals surface area contributed by atoms with Crippen LogP contribution in [0.25, 0.3) is 11.1 Å². The molecule has 0 aromatic heterocycles. The smallest absolute Gasteiger partial charge is 0.262 e. The van der Waals surface area contributed by atoms with E-state index in [0.29, 0.717) is 5.75 Å². The van der Waals surface area contributed by atoms with Crippen LogP contribution in [-0.2, 0) is 4.79 Å². The monoisotopic (exact) mass is 347 g/mol. The first-order valence-electron chi connectivity index (χ1n) is 8.48. The summed E-state index contributed by atoms with van der Waals surface area (Å²) in [5.74, 6) is 0.311. The van der Waals surface area contributed by atoms with Crippen LogP contribution in [0.2, 0.25) is 0 Å². The summed E-state index contributed by atoms with van der Waals surface area (Å²) in [4.78, 5) is 12.3. The van der Waals surface area contributed by atoms with Crippen molar-refractivity contribution < 1.29 is 14.6 Å². The Morgan fingerprint density at radius 3 is 2.50 bits per heavy atom. The van der Waals surface area contributed by atoms with Gasteiger partial charge in [0.25, 0.3) is 5.91 Å². The Morgan fingerprint density at radius 2 is 1.73 bits per heavy atom. The van der Waals surface area contributed by atoms with Crippen LogP contribution < -0.4 is 10.1 Å². The van der Waals surface area contributed by atoms with Gasteiger partial charge >= 0.3 is 0 Å². The van der Waals surface area contributed by atoms with E-state index in [4.69, 9.17) is 4.74 Å². The molecule has 1 unspecified atom stereocenters. The maximum absolute atomic E-state index is 12.3. The Morgan fingerprint density at radius 1 is 1.00 bits per heavy atom. The van der Waals surface area contributed by atoms with Crippen molar-refractivity contribution in [1.29, 1.82) is 0 Å². The summed E-state index contributed by atoms with van der Waals surface area (Å²) in [6.07, 6.45) is -0.579. The minimum absolute atomic E-state index is 0.105. The molecule has 4 nitrogen and oxygen atoms in total. The highest BCUT2D eigenvalue weighted by Crippen LogP contribution is 2.27. The molecule has 0 spiro atoms. The van der Waals surface area contributed by atoms with Crippen molar-refractivity contribution in [3.63, 3.8) is 0 Å². The number of carbonyl (C=O) groups excluding carboxylic acids is 1. The van der Waals surface area contributed by atoms with Crippen molar-refractivity contribution in [2.24, 2.45) is 0 Å². The zero-order valence-corrected chi connectivity index (χ0v) is 14.6. The average Bonchev–Trinajstić information content (AvgIpc) is 2.68. The lowest BCUT2D eigenvalue weighted by molar-refractivity contribution is -0.118. The predicted octanol–water partition coefficient (Wildman–Crippen LogP) is 4.42. The van der Waals surface area contributed by atoms with Gasteiger partial charge in [-0.15, -0.1) is 0 Å². The average molecular weight is 347 g/mol. The number of rotatable bonds is 6. The van der Waals surface area contributed by atoms with Crippen LogP contribution >= 0.6 is 0 Å². The fourth-order valence-electron chi connectivity index (χ4n) is 2.66. The van der Waals surface area contributed by atoms with Crippen LogP contribution in [0.4, 0.5) is 5.69 Å². The summed E-state index contributed by atoms with van der Waals surface area (Å²) in [6.45, 7) is 1.58. The third kappa shape index (κ3) is 4.49. The maximum Gasteiger partial charge on any atom is 0.262 e. The van der Waals surface area contributed by atoms with Crippen molar-refractivity contribution in [3.05, 3.63) is 84.4 Å². The van der Waals surface area contributed by atoms with E-state index in [-0.39, 0.29) is 12.5 Å². The second kappa shape index (κ2) is 8.32. The molecular formula is C22H21NO3. The minimum Gasteiger partial charge on any atom is -0.484 e. The first-order valence-corrected chi connectivity index (χ1v) is 8.48. The molecule has 0 radical (unpaired) electrons. The molecule has 0 heterocycles. The zero-order valence-electron chi connectivity index (χ0n) is 14.6. The summed E-state index contributed by atoms with van der Waals surface area (Å²) in [6, 6.07) is 24.7. The van der Waals surface area contributed by atoms with Gasteiger partial charge < -0.3 is 15.2 Å². The van der Waals surface area contributed by atoms with E-state index in [1.165, 1.54) is 0 Å². The van der Waals surface area contributed by atoms with Crippen LogP contribution in [0, 0.1) is 0 Å². The first kappa shape index (κ1) is 17.7. The lowest BCUT2D eigenvalue weighted by Gasteiger charge is -2.12. The first-order chi connectivity index (χ1) is 12.6. The fraction of sp³-hybridized carbons (Fsp3) is 0.136. The highest BCUT2D eigenvalue weighted by atomic mass is 16.5. The van der Waals surface area contributed by atoms with Crippen LogP contribution in [0.15, 0.2) is 78.9 Å². The van der Waals surface area contributed by atoms with Gasteiger partial charge in [0.15, 0.2) is 6.61 Å². The Kier molecular flexibility index (Phi) is 5.66. The van der Waals surface area contributed by atoms with Gasteiger partial charge in [0.2, 0.25) is 0 Å². The topological polar surface area (TPSA) is 58.6 Å². The van der Waals surface area contributed by atoms with Gasteiger partial charge in [-0.3, -0.25) is 4.79 Å². The number of hydrogen-bond acceptors (Lipinski definition) is 3. The second-order valence-electron chi connectivity index (χ2n) is 6.00. The maximum atomic E-state index is 12.3. The lowest BCUT2D eigenvalue weighted by Crippen LogP contribution is -2.20. The van der Waals surface area contributed by atoms with Gasteiger partial charge in [-0.2, -0.15) is 0 Å². The van der Waals surface area contributed by atoms with E-state index in [9.17, 15) is 9.90 Å². The fourth-order valence-corrected chi connectivity index (χ4v) is 2.66. The summed E-state index contributed by atoms with van der Waals surface area (Å²) in [5.41, 5.74) is 3.48. The largest absolute Gasteiger partial charge is 0.484 e. The van der Waals surface area contributed by atoms with Crippen molar-refractivity contribution >= 4 is 11.6 Å². The third-order valence-electron chi connectivity index (χ3n) is 4.00. The number of carbonyl (C=O) groups is 1. The molecule has 2 N–H and O–H groups in total. The lowest BCUT2D eigenvalue weighted by atomic mass is 10.0. The van der Waals surface area contributed by atoms with Crippen molar-refractivity contribution in [2.45, 2.75) is 13.0 Å². The van der Waals surface area contributed by atoms with Gasteiger partial charge in [-0.25, -0.2) is 0 Å². The third-order valence-corrected chi connectivity index (χ3v) is 4.00. The van der Waals surface area contributed by atoms with Gasteiger partial charge in [0.1, 0.15) is 5.75 Å². The highest BCUT2D eigenvalue weighted by Gasteiger charge is 2.09. The van der Waals surface area contributed by atoms with Gasteiger partial charge in [0.05, 0.1) is 6.10 Å². The molecule has 0 aliphatic rings. The van der Waals surface area contributed by atoms with E-state index in [1.807, 2.05) is 60.7 Å². The number of anilines is 1. The number of benzene rings is 3. The van der Waals surface area contributed by atoms with Crippen molar-refractivity contribution in [3.8, 4) is 16.9 Å². The van der Waals surface area contributed by atoms with E-state index >= 15 is 0 Å². The molecule has 0 aliphatic carbocycles. The van der Waals surface area contributed by atoms with Gasteiger partial charge in [-0.1, -0.05) is 60.7 Å². The minimum atomic E-state index is -0.579. The molecule has 0 saturated carbocycles. The van der Waals surface area contributed by atoms with Crippen LogP contribution in [0.1, 0.15) is 18.6 Å². The molecule has 3 aromatic carbocycles. The molecule has 4 heteroatoms. The Bertz CT molecular complexity index is 875. The number of amides is 1. The Hall–Kier alpha value is -3.11. The van der Waals surface area contributed by atoms with E-state index in [1.54, 1.807) is 25.1 Å². The Balaban J connectivity index is 1.67. The molecule has 1 amide bonds. The molecule has 26 heavy (non-hydrogen) atoms. The van der Waals surface area contributed by atoms with Gasteiger partial charge in [-0.05, 0) is 36.2 Å². The van der Waals surface area contributed by atoms with Crippen LogP contribution in [-0.4, -0.2) is 17.6 Å². The van der Waals surface area contributed by atoms with Crippen LogP contribution in [0.5, 0.6) is 5.75 Å². The highest BCUT2D eigenvalue weighted by molar-refractivity contribution is 5.96. The number of aliphatic hydroxyl groups is 1. The molecule has 0 aliphatic heterocycles. The summed E-state index contributed by atoms with van der Waals surface area (Å²) < 4.78 is 5.55. The van der Waals surface area contributed by atoms with Crippen LogP contribution in [0.3, 0.4) is 0 Å². The zero-order chi connectivity index (χ0) is 18.4. The second-order valence-corrected chi connectivity index (χ2v) is 6.00. The number of ether oxygens (including phenoxy) is 1. The molecule has 0 saturated heterocycles. The molecule has 3 rings (SSSR count). The normalized spacial score (nSPS) is 11.6. The van der Waals surface area contributed by atoms with Crippen molar-refractivity contribution in [1.82, 2.24) is 0 Å². The number of hydrogen-bond donors (Lipinski definition) is 2. The van der Waals surface area contributed by atoms with E-state index in [2.05, 4.69) is 5.32 Å². The summed E-state index contributed by atoms with van der Waals surface area (Å²) in [5, 5.41) is 12.5. The number of nitrogens with one attached hydrogen (secondary N) is 1. The molecule has 0 fully saturated rings. The molecule has 3 aromatic rings. The number of aliphatic hydroxyl groups excluding tert-OH is 1. The Labute approximate surface area is 153 Å². The standard InChI is InChI=1S/C22H21NO3/c1-16(24)18-10-7-11-19(14-18)26-15-22(25)23-21-13-6-5-12-20(21)17-8-3-2-4-9-17/h2-14,16,24H,15H2,1H3,(H,23,25). The van der Waals surface area contributed by atoms with Gasteiger partial charge in [0, 0.05) is 11.3 Å². The SMILES string of the molecule is CC(O)c1cccc(OCC(=O)Nc2ccccc2-c2ccccc2)c1. The molecule has 132 valence electrons. The summed E-state index contributed by atoms with van der Waals surface area (Å²) >= 11 is 0. The molecule has 1 atom stereocenters. The quantitative estimate of drug-likeness (QED) is 0.694. The molecular weight excluding hydrogens is 326 g/mol. The molecule has 0 bridgehead atoms. The van der Waals surface area contributed by atoms with E-state index < -0.39 is 6.10 Å². The number of para-hydroxylation sites is 1. The predicted molar refractivity (Wildman–Crippen MR) is 103 cm³/mol.